The Hall–Kier alpha value is -1.55. The number of carbonyl (C=O) groups excluding carboxylic acids is 1. The molecule has 0 aliphatic carbocycles. The molecule has 1 unspecified atom stereocenters. The minimum atomic E-state index is -0.261. The average molecular weight is 262 g/mol. The fraction of sp³-hybridized carbons (Fsp3) is 0.533. The molecule has 0 bridgehead atoms. The van der Waals surface area contributed by atoms with Gasteiger partial charge in [-0.3, -0.25) is 4.79 Å². The molecular formula is C15H22N2O2. The lowest BCUT2D eigenvalue weighted by atomic mass is 9.93. The summed E-state index contributed by atoms with van der Waals surface area (Å²) in [5.41, 5.74) is 6.40. The van der Waals surface area contributed by atoms with Crippen LogP contribution in [0.15, 0.2) is 24.3 Å². The molecule has 1 heterocycles. The Bertz CT molecular complexity index is 457. The van der Waals surface area contributed by atoms with E-state index in [0.29, 0.717) is 13.2 Å². The predicted octanol–water partition coefficient (Wildman–Crippen LogP) is 1.48. The number of fused-ring (bicyclic) bond motifs is 1. The molecule has 1 aliphatic rings. The lowest BCUT2D eigenvalue weighted by molar-refractivity contribution is -0.128. The summed E-state index contributed by atoms with van der Waals surface area (Å²) < 4.78 is 5.65. The number of amides is 1. The van der Waals surface area contributed by atoms with Gasteiger partial charge in [0.15, 0.2) is 0 Å². The highest BCUT2D eigenvalue weighted by Crippen LogP contribution is 2.27. The van der Waals surface area contributed by atoms with Crippen LogP contribution in [0.3, 0.4) is 0 Å². The number of hydrogen-bond donors (Lipinski definition) is 2. The number of benzene rings is 1. The normalized spacial score (nSPS) is 18.4. The van der Waals surface area contributed by atoms with Crippen LogP contribution in [0.2, 0.25) is 0 Å². The average Bonchev–Trinajstić information content (AvgIpc) is 2.37. The van der Waals surface area contributed by atoms with E-state index in [4.69, 9.17) is 10.5 Å². The molecule has 1 aliphatic heterocycles. The van der Waals surface area contributed by atoms with Gasteiger partial charge in [0.1, 0.15) is 12.4 Å². The molecule has 19 heavy (non-hydrogen) atoms. The van der Waals surface area contributed by atoms with E-state index >= 15 is 0 Å². The van der Waals surface area contributed by atoms with Gasteiger partial charge in [0.25, 0.3) is 0 Å². The summed E-state index contributed by atoms with van der Waals surface area (Å²) in [7, 11) is 0. The van der Waals surface area contributed by atoms with E-state index < -0.39 is 0 Å². The highest BCUT2D eigenvalue weighted by Gasteiger charge is 2.29. The van der Waals surface area contributed by atoms with Gasteiger partial charge in [0.2, 0.25) is 5.91 Å². The summed E-state index contributed by atoms with van der Waals surface area (Å²) in [5, 5.41) is 3.06. The van der Waals surface area contributed by atoms with Crippen molar-refractivity contribution in [1.82, 2.24) is 5.32 Å². The van der Waals surface area contributed by atoms with Gasteiger partial charge in [0, 0.05) is 5.54 Å². The summed E-state index contributed by atoms with van der Waals surface area (Å²) in [5.74, 6) is 0.827. The van der Waals surface area contributed by atoms with Crippen molar-refractivity contribution in [2.75, 3.05) is 13.2 Å². The van der Waals surface area contributed by atoms with Gasteiger partial charge in [-0.05, 0) is 44.9 Å². The maximum Gasteiger partial charge on any atom is 0.227 e. The molecule has 1 aromatic rings. The molecule has 0 saturated carbocycles. The van der Waals surface area contributed by atoms with Gasteiger partial charge in [-0.15, -0.1) is 0 Å². The third kappa shape index (κ3) is 3.47. The van der Waals surface area contributed by atoms with Crippen LogP contribution in [-0.4, -0.2) is 24.6 Å². The van der Waals surface area contributed by atoms with Crippen LogP contribution in [0.25, 0.3) is 0 Å². The van der Waals surface area contributed by atoms with Gasteiger partial charge in [-0.1, -0.05) is 18.2 Å². The zero-order valence-corrected chi connectivity index (χ0v) is 11.6. The van der Waals surface area contributed by atoms with Crippen molar-refractivity contribution in [3.63, 3.8) is 0 Å². The van der Waals surface area contributed by atoms with Gasteiger partial charge < -0.3 is 15.8 Å². The molecule has 3 N–H and O–H groups in total. The maximum absolute atomic E-state index is 12.3. The summed E-state index contributed by atoms with van der Waals surface area (Å²) in [6.07, 6.45) is 1.50. The first-order valence-electron chi connectivity index (χ1n) is 6.74. The molecule has 1 amide bonds. The number of hydrogen-bond acceptors (Lipinski definition) is 3. The quantitative estimate of drug-likeness (QED) is 0.864. The van der Waals surface area contributed by atoms with E-state index in [1.807, 2.05) is 38.1 Å². The molecule has 0 saturated heterocycles. The Balaban J connectivity index is 1.99. The van der Waals surface area contributed by atoms with Crippen molar-refractivity contribution < 1.29 is 9.53 Å². The Labute approximate surface area is 114 Å². The van der Waals surface area contributed by atoms with Gasteiger partial charge in [-0.2, -0.15) is 0 Å². The van der Waals surface area contributed by atoms with Crippen LogP contribution in [0.4, 0.5) is 0 Å². The molecule has 0 fully saturated rings. The second kappa shape index (κ2) is 5.61. The van der Waals surface area contributed by atoms with Crippen molar-refractivity contribution >= 4 is 5.91 Å². The summed E-state index contributed by atoms with van der Waals surface area (Å²) in [6.45, 7) is 5.00. The molecule has 0 aromatic heterocycles. The van der Waals surface area contributed by atoms with Crippen LogP contribution in [-0.2, 0) is 11.2 Å². The highest BCUT2D eigenvalue weighted by atomic mass is 16.5. The predicted molar refractivity (Wildman–Crippen MR) is 75.0 cm³/mol. The topological polar surface area (TPSA) is 64.3 Å². The van der Waals surface area contributed by atoms with Crippen molar-refractivity contribution in [1.29, 1.82) is 0 Å². The third-order valence-electron chi connectivity index (χ3n) is 3.48. The first kappa shape index (κ1) is 13.9. The van der Waals surface area contributed by atoms with E-state index in [1.165, 1.54) is 0 Å². The molecule has 0 radical (unpaired) electrons. The van der Waals surface area contributed by atoms with Crippen LogP contribution in [0.5, 0.6) is 5.75 Å². The number of ether oxygens (including phenoxy) is 1. The lowest BCUT2D eigenvalue weighted by Gasteiger charge is -2.30. The van der Waals surface area contributed by atoms with Crippen molar-refractivity contribution in [2.45, 2.75) is 32.2 Å². The Morgan fingerprint density at radius 3 is 2.95 bits per heavy atom. The first-order chi connectivity index (χ1) is 9.02. The fourth-order valence-corrected chi connectivity index (χ4v) is 2.36. The van der Waals surface area contributed by atoms with Crippen molar-refractivity contribution in [3.05, 3.63) is 29.8 Å². The summed E-state index contributed by atoms with van der Waals surface area (Å²) in [6, 6.07) is 7.88. The Morgan fingerprint density at radius 2 is 2.21 bits per heavy atom. The van der Waals surface area contributed by atoms with Crippen LogP contribution in [0.1, 0.15) is 25.8 Å². The van der Waals surface area contributed by atoms with E-state index in [1.54, 1.807) is 0 Å². The van der Waals surface area contributed by atoms with Crippen LogP contribution < -0.4 is 15.8 Å². The van der Waals surface area contributed by atoms with Gasteiger partial charge in [0.05, 0.1) is 5.92 Å². The molecule has 4 heteroatoms. The standard InChI is InChI=1S/C15H22N2O2/c1-15(2,7-8-16)17-14(18)12-9-11-5-3-4-6-13(11)19-10-12/h3-6,12H,7-10,16H2,1-2H3,(H,17,18). The highest BCUT2D eigenvalue weighted by molar-refractivity contribution is 5.80. The zero-order chi connectivity index (χ0) is 13.9. The van der Waals surface area contributed by atoms with Crippen LogP contribution >= 0.6 is 0 Å². The number of para-hydroxylation sites is 1. The molecule has 4 nitrogen and oxygen atoms in total. The molecular weight excluding hydrogens is 240 g/mol. The van der Waals surface area contributed by atoms with E-state index in [9.17, 15) is 4.79 Å². The fourth-order valence-electron chi connectivity index (χ4n) is 2.36. The SMILES string of the molecule is CC(C)(CCN)NC(=O)C1COc2ccccc2C1. The Morgan fingerprint density at radius 1 is 1.47 bits per heavy atom. The number of nitrogens with one attached hydrogen (secondary N) is 1. The largest absolute Gasteiger partial charge is 0.492 e. The monoisotopic (exact) mass is 262 g/mol. The summed E-state index contributed by atoms with van der Waals surface area (Å²) >= 11 is 0. The van der Waals surface area contributed by atoms with Crippen molar-refractivity contribution in [2.24, 2.45) is 11.7 Å². The molecule has 104 valence electrons. The second-order valence-electron chi connectivity index (χ2n) is 5.73. The second-order valence-corrected chi connectivity index (χ2v) is 5.73. The Kier molecular flexibility index (Phi) is 4.10. The van der Waals surface area contributed by atoms with Crippen molar-refractivity contribution in [3.8, 4) is 5.75 Å². The van der Waals surface area contributed by atoms with Crippen LogP contribution in [0, 0.1) is 5.92 Å². The van der Waals surface area contributed by atoms with Gasteiger partial charge in [-0.25, -0.2) is 0 Å². The lowest BCUT2D eigenvalue weighted by Crippen LogP contribution is -2.49. The third-order valence-corrected chi connectivity index (χ3v) is 3.48. The summed E-state index contributed by atoms with van der Waals surface area (Å²) in [4.78, 5) is 12.3. The number of rotatable bonds is 4. The maximum atomic E-state index is 12.3. The zero-order valence-electron chi connectivity index (χ0n) is 11.6. The molecule has 0 spiro atoms. The number of carbonyl (C=O) groups is 1. The smallest absolute Gasteiger partial charge is 0.227 e. The van der Waals surface area contributed by atoms with E-state index in [-0.39, 0.29) is 17.4 Å². The number of nitrogens with two attached hydrogens (primary N) is 1. The minimum Gasteiger partial charge on any atom is -0.492 e. The molecule has 2 rings (SSSR count). The first-order valence-corrected chi connectivity index (χ1v) is 6.74. The van der Waals surface area contributed by atoms with E-state index in [0.717, 1.165) is 24.2 Å². The molecule has 1 atom stereocenters. The minimum absolute atomic E-state index is 0.0490. The van der Waals surface area contributed by atoms with E-state index in [2.05, 4.69) is 5.32 Å². The van der Waals surface area contributed by atoms with Gasteiger partial charge >= 0.3 is 0 Å². The molecule has 1 aromatic carbocycles.